The van der Waals surface area contributed by atoms with Crippen LogP contribution in [0.15, 0.2) is 35.6 Å². The Kier molecular flexibility index (Phi) is 12.0. The zero-order chi connectivity index (χ0) is 38.0. The van der Waals surface area contributed by atoms with Crippen LogP contribution < -0.4 is 10.1 Å². The normalized spacial score (nSPS) is 21.6. The smallest absolute Gasteiger partial charge is 0.418 e. The summed E-state index contributed by atoms with van der Waals surface area (Å²) >= 11 is 0.834. The third kappa shape index (κ3) is 10.3. The molecule has 3 atom stereocenters. The average molecular weight is 756 g/mol. The summed E-state index contributed by atoms with van der Waals surface area (Å²) in [5.41, 5.74) is -2.04. The van der Waals surface area contributed by atoms with Gasteiger partial charge in [-0.1, -0.05) is 37.5 Å². The van der Waals surface area contributed by atoms with Crippen LogP contribution in [0.3, 0.4) is 0 Å². The number of carbonyl (C=O) groups excluding carboxylic acids is 3. The van der Waals surface area contributed by atoms with Crippen LogP contribution >= 0.6 is 11.8 Å². The maximum absolute atomic E-state index is 15.9. The monoisotopic (exact) mass is 755 g/mol. The first-order valence-electron chi connectivity index (χ1n) is 16.6. The van der Waals surface area contributed by atoms with Gasteiger partial charge in [0.1, 0.15) is 35.1 Å². The molecular formula is C34H45F4N5O6SSi. The quantitative estimate of drug-likeness (QED) is 0.0776. The molecule has 0 saturated heterocycles. The van der Waals surface area contributed by atoms with Gasteiger partial charge in [0.25, 0.3) is 0 Å². The van der Waals surface area contributed by atoms with Gasteiger partial charge in [-0.15, -0.1) is 0 Å². The number of thioether (sulfide) groups is 1. The Bertz CT molecular complexity index is 1650. The minimum absolute atomic E-state index is 0.00247. The summed E-state index contributed by atoms with van der Waals surface area (Å²) in [4.78, 5) is 54.5. The van der Waals surface area contributed by atoms with Gasteiger partial charge in [-0.05, 0) is 64.8 Å². The Balaban J connectivity index is 1.75. The number of rotatable bonds is 13. The molecule has 11 nitrogen and oxygen atoms in total. The van der Waals surface area contributed by atoms with Gasteiger partial charge in [-0.3, -0.25) is 14.6 Å². The van der Waals surface area contributed by atoms with Crippen molar-refractivity contribution in [1.29, 1.82) is 0 Å². The van der Waals surface area contributed by atoms with Gasteiger partial charge in [0.2, 0.25) is 11.8 Å². The number of nitrogens with one attached hydrogen (secondary N) is 1. The lowest BCUT2D eigenvalue weighted by atomic mass is 9.84. The molecule has 2 heterocycles. The zero-order valence-electron chi connectivity index (χ0n) is 30.1. The average Bonchev–Trinajstić information content (AvgIpc) is 3.76. The van der Waals surface area contributed by atoms with E-state index in [2.05, 4.69) is 29.6 Å². The van der Waals surface area contributed by atoms with Crippen LogP contribution in [-0.2, 0) is 26.2 Å². The number of amidine groups is 1. The second kappa shape index (κ2) is 15.2. The van der Waals surface area contributed by atoms with Gasteiger partial charge in [0, 0.05) is 32.6 Å². The Labute approximate surface area is 300 Å². The summed E-state index contributed by atoms with van der Waals surface area (Å²) in [6, 6.07) is 4.82. The topological polar surface area (TPSA) is 132 Å². The van der Waals surface area contributed by atoms with Gasteiger partial charge in [0.05, 0.1) is 24.5 Å². The molecular weight excluding hydrogens is 711 g/mol. The minimum Gasteiger partial charge on any atom is -0.477 e. The van der Waals surface area contributed by atoms with Crippen molar-refractivity contribution >= 4 is 42.8 Å². The predicted molar refractivity (Wildman–Crippen MR) is 187 cm³/mol. The van der Waals surface area contributed by atoms with Crippen molar-refractivity contribution < 1.29 is 46.2 Å². The highest BCUT2D eigenvalue weighted by molar-refractivity contribution is 8.16. The molecule has 1 fully saturated rings. The van der Waals surface area contributed by atoms with Crippen LogP contribution in [0.4, 0.5) is 22.4 Å². The van der Waals surface area contributed by atoms with E-state index in [1.54, 1.807) is 34.6 Å². The second-order valence-corrected chi connectivity index (χ2v) is 21.9. The molecule has 0 bridgehead atoms. The van der Waals surface area contributed by atoms with Crippen molar-refractivity contribution in [2.45, 2.75) is 95.2 Å². The summed E-state index contributed by atoms with van der Waals surface area (Å²) in [7, 11) is -1.53. The number of halogens is 4. The van der Waals surface area contributed by atoms with E-state index < -0.39 is 66.2 Å². The van der Waals surface area contributed by atoms with Crippen LogP contribution in [-0.4, -0.2) is 88.9 Å². The van der Waals surface area contributed by atoms with Gasteiger partial charge < -0.3 is 19.5 Å². The number of alkyl halides is 3. The number of amides is 2. The Morgan fingerprint density at radius 3 is 2.41 bits per heavy atom. The first-order chi connectivity index (χ1) is 23.6. The molecule has 2 aliphatic rings. The highest BCUT2D eigenvalue weighted by Gasteiger charge is 2.71. The number of benzene rings is 1. The molecule has 1 aromatic heterocycles. The van der Waals surface area contributed by atoms with Crippen molar-refractivity contribution in [1.82, 2.24) is 20.2 Å². The standard InChI is InChI=1S/C34H45F4N5O6SSi/c1-9-48-27-18-39-24(17-40-27)25(44)15-21-10-11-23(35)22(14-21)32(5)26-16-33(26,28(45)41-19-34(36,37)38)50-29(42-32)43(30(46)49-31(2,3)4)20-47-12-13-51(6,7)8/h10-11,14,17-18,26H,9,12-13,15-16,19-20H2,1-8H3,(H,41,45)/t26-,32+,33-/m0/s1. The number of fused-ring (bicyclic) bond motifs is 1. The molecule has 4 rings (SSSR count). The first-order valence-corrected chi connectivity index (χ1v) is 21.1. The number of carbonyl (C=O) groups is 3. The Morgan fingerprint density at radius 2 is 1.82 bits per heavy atom. The third-order valence-electron chi connectivity index (χ3n) is 8.23. The third-order valence-corrected chi connectivity index (χ3v) is 11.4. The van der Waals surface area contributed by atoms with E-state index in [1.807, 2.05) is 5.32 Å². The highest BCUT2D eigenvalue weighted by atomic mass is 32.2. The van der Waals surface area contributed by atoms with Crippen LogP contribution in [0, 0.1) is 11.7 Å². The van der Waals surface area contributed by atoms with Crippen molar-refractivity contribution in [2.24, 2.45) is 10.9 Å². The molecule has 1 saturated carbocycles. The summed E-state index contributed by atoms with van der Waals surface area (Å²) in [6.45, 7) is 13.6. The second-order valence-electron chi connectivity index (χ2n) is 14.9. The zero-order valence-corrected chi connectivity index (χ0v) is 31.9. The first kappa shape index (κ1) is 40.2. The molecule has 2 aromatic rings. The highest BCUT2D eigenvalue weighted by Crippen LogP contribution is 2.66. The molecule has 1 aromatic carbocycles. The number of ether oxygens (including phenoxy) is 3. The van der Waals surface area contributed by atoms with E-state index in [1.165, 1.54) is 30.6 Å². The van der Waals surface area contributed by atoms with E-state index in [0.29, 0.717) is 18.8 Å². The molecule has 51 heavy (non-hydrogen) atoms. The van der Waals surface area contributed by atoms with E-state index in [9.17, 15) is 27.6 Å². The fraction of sp³-hybridized carbons (Fsp3) is 0.588. The van der Waals surface area contributed by atoms with Gasteiger partial charge in [-0.25, -0.2) is 24.1 Å². The van der Waals surface area contributed by atoms with Crippen LogP contribution in [0.25, 0.3) is 0 Å². The Morgan fingerprint density at radius 1 is 1.12 bits per heavy atom. The van der Waals surface area contributed by atoms with E-state index in [0.717, 1.165) is 22.7 Å². The minimum atomic E-state index is -4.68. The van der Waals surface area contributed by atoms with Crippen LogP contribution in [0.2, 0.25) is 25.7 Å². The summed E-state index contributed by atoms with van der Waals surface area (Å²) < 4.78 is 70.9. The van der Waals surface area contributed by atoms with Crippen LogP contribution in [0.5, 0.6) is 5.88 Å². The molecule has 1 aliphatic carbocycles. The molecule has 1 aliphatic heterocycles. The van der Waals surface area contributed by atoms with Crippen molar-refractivity contribution in [3.8, 4) is 5.88 Å². The van der Waals surface area contributed by atoms with Crippen molar-refractivity contribution in [3.05, 3.63) is 53.2 Å². The lowest BCUT2D eigenvalue weighted by Gasteiger charge is -2.38. The lowest BCUT2D eigenvalue weighted by Crippen LogP contribution is -2.49. The van der Waals surface area contributed by atoms with Crippen LogP contribution in [0.1, 0.15) is 62.7 Å². The number of nitrogens with zero attached hydrogens (tertiary/aromatic N) is 4. The summed E-state index contributed by atoms with van der Waals surface area (Å²) in [5.74, 6) is -2.55. The Hall–Kier alpha value is -3.57. The number of Topliss-reactive ketones (excluding diaryl/α,β-unsaturated/α-hetero) is 1. The fourth-order valence-electron chi connectivity index (χ4n) is 5.53. The molecule has 280 valence electrons. The SMILES string of the molecule is CCOc1cnc(C(=O)Cc2ccc(F)c([C@@]3(C)N=C(N(COCC[Si](C)(C)C)C(=O)OC(C)(C)C)S[C@@]4(C(=O)NCC(F)(F)F)C[C@H]43)c2)cn1. The van der Waals surface area contributed by atoms with Gasteiger partial charge in [0.15, 0.2) is 11.0 Å². The maximum atomic E-state index is 15.9. The lowest BCUT2D eigenvalue weighted by molar-refractivity contribution is -0.138. The van der Waals surface area contributed by atoms with E-state index in [-0.39, 0.29) is 41.9 Å². The number of aliphatic imine (C=N–C) groups is 1. The number of hydrogen-bond donors (Lipinski definition) is 1. The predicted octanol–water partition coefficient (Wildman–Crippen LogP) is 6.74. The largest absolute Gasteiger partial charge is 0.477 e. The summed E-state index contributed by atoms with van der Waals surface area (Å²) in [5, 5.41) is 1.91. The molecule has 1 N–H and O–H groups in total. The van der Waals surface area contributed by atoms with Gasteiger partial charge >= 0.3 is 12.3 Å². The van der Waals surface area contributed by atoms with Crippen molar-refractivity contribution in [3.63, 3.8) is 0 Å². The number of aromatic nitrogens is 2. The fourth-order valence-corrected chi connectivity index (χ4v) is 7.87. The molecule has 0 unspecified atom stereocenters. The van der Waals surface area contributed by atoms with Crippen molar-refractivity contribution in [2.75, 3.05) is 26.5 Å². The number of ketones is 1. The summed E-state index contributed by atoms with van der Waals surface area (Å²) in [6.07, 6.45) is -3.08. The molecule has 17 heteroatoms. The molecule has 0 radical (unpaired) electrons. The van der Waals surface area contributed by atoms with Gasteiger partial charge in [-0.2, -0.15) is 13.2 Å². The molecule has 0 spiro atoms. The number of hydrogen-bond acceptors (Lipinski definition) is 10. The molecule has 2 amide bonds. The van der Waals surface area contributed by atoms with E-state index >= 15 is 4.39 Å². The maximum Gasteiger partial charge on any atom is 0.418 e. The van der Waals surface area contributed by atoms with E-state index in [4.69, 9.17) is 19.2 Å².